The molecular formula is C12H9BrFN. The van der Waals surface area contributed by atoms with Crippen LogP contribution in [-0.2, 0) is 5.33 Å². The topological polar surface area (TPSA) is 12.9 Å². The third kappa shape index (κ3) is 2.23. The summed E-state index contributed by atoms with van der Waals surface area (Å²) in [6.07, 6.45) is 0. The van der Waals surface area contributed by atoms with Crippen molar-refractivity contribution in [2.24, 2.45) is 0 Å². The average Bonchev–Trinajstić information content (AvgIpc) is 2.31. The molecule has 0 radical (unpaired) electrons. The van der Waals surface area contributed by atoms with E-state index in [-0.39, 0.29) is 5.82 Å². The van der Waals surface area contributed by atoms with Gasteiger partial charge in [-0.25, -0.2) is 9.37 Å². The monoisotopic (exact) mass is 265 g/mol. The summed E-state index contributed by atoms with van der Waals surface area (Å²) in [5.41, 5.74) is 2.24. The summed E-state index contributed by atoms with van der Waals surface area (Å²) in [4.78, 5) is 4.24. The lowest BCUT2D eigenvalue weighted by Crippen LogP contribution is -1.93. The summed E-state index contributed by atoms with van der Waals surface area (Å²) in [6.45, 7) is 0. The van der Waals surface area contributed by atoms with Gasteiger partial charge in [0, 0.05) is 10.9 Å². The van der Waals surface area contributed by atoms with Crippen LogP contribution in [-0.4, -0.2) is 4.98 Å². The van der Waals surface area contributed by atoms with Crippen LogP contribution in [0.4, 0.5) is 4.39 Å². The fourth-order valence-electron chi connectivity index (χ4n) is 1.35. The fourth-order valence-corrected chi connectivity index (χ4v) is 1.74. The Kier molecular flexibility index (Phi) is 3.11. The molecule has 0 amide bonds. The van der Waals surface area contributed by atoms with Crippen molar-refractivity contribution in [1.29, 1.82) is 0 Å². The molecule has 0 saturated heterocycles. The zero-order chi connectivity index (χ0) is 10.7. The smallest absolute Gasteiger partial charge is 0.145 e. The Hall–Kier alpha value is -1.22. The maximum absolute atomic E-state index is 13.2. The Morgan fingerprint density at radius 3 is 2.47 bits per heavy atom. The Labute approximate surface area is 96.1 Å². The third-order valence-corrected chi connectivity index (χ3v) is 2.65. The molecule has 1 aromatic heterocycles. The summed E-state index contributed by atoms with van der Waals surface area (Å²) in [5.74, 6) is -0.272. The van der Waals surface area contributed by atoms with Gasteiger partial charge in [0.05, 0.1) is 11.4 Å². The number of pyridine rings is 1. The van der Waals surface area contributed by atoms with E-state index in [0.29, 0.717) is 11.0 Å². The third-order valence-electron chi connectivity index (χ3n) is 2.11. The Morgan fingerprint density at radius 2 is 1.80 bits per heavy atom. The molecule has 0 fully saturated rings. The maximum Gasteiger partial charge on any atom is 0.145 e. The SMILES string of the molecule is Fc1ccc(-c2ccccc2)nc1CBr. The maximum atomic E-state index is 13.2. The van der Waals surface area contributed by atoms with Crippen molar-refractivity contribution in [2.45, 2.75) is 5.33 Å². The number of benzene rings is 1. The zero-order valence-electron chi connectivity index (χ0n) is 7.95. The van der Waals surface area contributed by atoms with E-state index >= 15 is 0 Å². The van der Waals surface area contributed by atoms with E-state index < -0.39 is 0 Å². The summed E-state index contributed by atoms with van der Waals surface area (Å²) < 4.78 is 13.2. The first-order valence-electron chi connectivity index (χ1n) is 4.58. The first-order valence-corrected chi connectivity index (χ1v) is 5.70. The highest BCUT2D eigenvalue weighted by atomic mass is 79.9. The van der Waals surface area contributed by atoms with Gasteiger partial charge >= 0.3 is 0 Å². The van der Waals surface area contributed by atoms with Gasteiger partial charge in [0.15, 0.2) is 0 Å². The number of nitrogens with zero attached hydrogens (tertiary/aromatic N) is 1. The molecule has 2 aromatic rings. The molecule has 0 aliphatic rings. The van der Waals surface area contributed by atoms with Crippen LogP contribution < -0.4 is 0 Å². The van der Waals surface area contributed by atoms with Gasteiger partial charge in [0.25, 0.3) is 0 Å². The van der Waals surface area contributed by atoms with Crippen LogP contribution in [0, 0.1) is 5.82 Å². The molecule has 1 nitrogen and oxygen atoms in total. The highest BCUT2D eigenvalue weighted by Gasteiger charge is 2.05. The minimum atomic E-state index is -0.272. The molecule has 15 heavy (non-hydrogen) atoms. The predicted octanol–water partition coefficient (Wildman–Crippen LogP) is 3.78. The summed E-state index contributed by atoms with van der Waals surface area (Å²) >= 11 is 3.21. The van der Waals surface area contributed by atoms with Crippen molar-refractivity contribution >= 4 is 15.9 Å². The van der Waals surface area contributed by atoms with Crippen molar-refractivity contribution in [3.63, 3.8) is 0 Å². The predicted molar refractivity (Wildman–Crippen MR) is 62.3 cm³/mol. The van der Waals surface area contributed by atoms with Crippen LogP contribution in [0.5, 0.6) is 0 Å². The van der Waals surface area contributed by atoms with Crippen molar-refractivity contribution in [2.75, 3.05) is 0 Å². The standard InChI is InChI=1S/C12H9BrFN/c13-8-12-10(14)6-7-11(15-12)9-4-2-1-3-5-9/h1-7H,8H2. The van der Waals surface area contributed by atoms with Gasteiger partial charge in [-0.1, -0.05) is 46.3 Å². The number of aromatic nitrogens is 1. The van der Waals surface area contributed by atoms with Gasteiger partial charge in [-0.05, 0) is 12.1 Å². The summed E-state index contributed by atoms with van der Waals surface area (Å²) in [7, 11) is 0. The summed E-state index contributed by atoms with van der Waals surface area (Å²) in [6, 6.07) is 12.9. The quantitative estimate of drug-likeness (QED) is 0.754. The molecule has 1 heterocycles. The van der Waals surface area contributed by atoms with E-state index in [2.05, 4.69) is 20.9 Å². The molecule has 0 unspecified atom stereocenters. The lowest BCUT2D eigenvalue weighted by molar-refractivity contribution is 0.609. The second kappa shape index (κ2) is 4.53. The van der Waals surface area contributed by atoms with E-state index in [0.717, 1.165) is 11.3 Å². The molecule has 1 aromatic carbocycles. The lowest BCUT2D eigenvalue weighted by Gasteiger charge is -2.03. The first kappa shape index (κ1) is 10.3. The number of halogens is 2. The van der Waals surface area contributed by atoms with Crippen LogP contribution in [0.25, 0.3) is 11.3 Å². The molecular weight excluding hydrogens is 257 g/mol. The molecule has 0 aliphatic carbocycles. The van der Waals surface area contributed by atoms with E-state index in [9.17, 15) is 4.39 Å². The van der Waals surface area contributed by atoms with Crippen LogP contribution in [0.2, 0.25) is 0 Å². The normalized spacial score (nSPS) is 10.3. The van der Waals surface area contributed by atoms with Crippen molar-refractivity contribution < 1.29 is 4.39 Å². The number of rotatable bonds is 2. The van der Waals surface area contributed by atoms with Crippen LogP contribution >= 0.6 is 15.9 Å². The Balaban J connectivity index is 2.46. The number of alkyl halides is 1. The minimum Gasteiger partial charge on any atom is -0.249 e. The van der Waals surface area contributed by atoms with Gasteiger partial charge in [-0.15, -0.1) is 0 Å². The second-order valence-corrected chi connectivity index (χ2v) is 3.69. The Morgan fingerprint density at radius 1 is 1.07 bits per heavy atom. The van der Waals surface area contributed by atoms with E-state index in [1.54, 1.807) is 6.07 Å². The summed E-state index contributed by atoms with van der Waals surface area (Å²) in [5, 5.41) is 0.430. The minimum absolute atomic E-state index is 0.272. The molecule has 3 heteroatoms. The van der Waals surface area contributed by atoms with Crippen molar-refractivity contribution in [3.05, 3.63) is 54.0 Å². The van der Waals surface area contributed by atoms with E-state index in [4.69, 9.17) is 0 Å². The van der Waals surface area contributed by atoms with Gasteiger partial charge in [-0.3, -0.25) is 0 Å². The van der Waals surface area contributed by atoms with Gasteiger partial charge in [0.2, 0.25) is 0 Å². The molecule has 0 spiro atoms. The van der Waals surface area contributed by atoms with Crippen LogP contribution in [0.15, 0.2) is 42.5 Å². The molecule has 0 N–H and O–H groups in total. The molecule has 76 valence electrons. The molecule has 0 bridgehead atoms. The average molecular weight is 266 g/mol. The van der Waals surface area contributed by atoms with Crippen LogP contribution in [0.3, 0.4) is 0 Å². The second-order valence-electron chi connectivity index (χ2n) is 3.12. The largest absolute Gasteiger partial charge is 0.249 e. The zero-order valence-corrected chi connectivity index (χ0v) is 9.54. The molecule has 0 saturated carbocycles. The van der Waals surface area contributed by atoms with Crippen molar-refractivity contribution in [1.82, 2.24) is 4.98 Å². The van der Waals surface area contributed by atoms with Gasteiger partial charge in [0.1, 0.15) is 5.82 Å². The first-order chi connectivity index (χ1) is 7.31. The van der Waals surface area contributed by atoms with Gasteiger partial charge < -0.3 is 0 Å². The molecule has 0 atom stereocenters. The van der Waals surface area contributed by atoms with Crippen LogP contribution in [0.1, 0.15) is 5.69 Å². The van der Waals surface area contributed by atoms with E-state index in [1.807, 2.05) is 30.3 Å². The lowest BCUT2D eigenvalue weighted by atomic mass is 10.1. The fraction of sp³-hybridized carbons (Fsp3) is 0.0833. The highest BCUT2D eigenvalue weighted by molar-refractivity contribution is 9.08. The highest BCUT2D eigenvalue weighted by Crippen LogP contribution is 2.19. The molecule has 2 rings (SSSR count). The van der Waals surface area contributed by atoms with E-state index in [1.165, 1.54) is 6.07 Å². The van der Waals surface area contributed by atoms with Gasteiger partial charge in [-0.2, -0.15) is 0 Å². The number of hydrogen-bond donors (Lipinski definition) is 0. The van der Waals surface area contributed by atoms with Crippen molar-refractivity contribution in [3.8, 4) is 11.3 Å². The Bertz CT molecular complexity index is 456. The molecule has 0 aliphatic heterocycles. The number of hydrogen-bond acceptors (Lipinski definition) is 1.